The number of hydrogen-bond donors (Lipinski definition) is 3. The molecule has 0 aliphatic carbocycles. The molecule has 1 aromatic carbocycles. The topological polar surface area (TPSA) is 114 Å². The van der Waals surface area contributed by atoms with Gasteiger partial charge < -0.3 is 15.4 Å². The van der Waals surface area contributed by atoms with Gasteiger partial charge in [0.1, 0.15) is 11.4 Å². The number of rotatable bonds is 2. The number of phenols is 1. The summed E-state index contributed by atoms with van der Waals surface area (Å²) in [7, 11) is 0. The molecule has 0 unspecified atom stereocenters. The molecular weight excluding hydrogens is 253 g/mol. The number of nitrogens with one attached hydrogen (secondary N) is 1. The summed E-state index contributed by atoms with van der Waals surface area (Å²) < 4.78 is 18.3. The molecule has 0 radical (unpaired) electrons. The van der Waals surface area contributed by atoms with E-state index in [2.05, 4.69) is 20.3 Å². The molecule has 4 N–H and O–H groups in total. The van der Waals surface area contributed by atoms with Crippen molar-refractivity contribution in [1.29, 1.82) is 0 Å². The van der Waals surface area contributed by atoms with E-state index in [1.54, 1.807) is 0 Å². The average Bonchev–Trinajstić information content (AvgIpc) is 3.01. The normalized spacial score (nSPS) is 10.8. The Hall–Kier alpha value is -2.90. The monoisotopic (exact) mass is 261 g/mol. The number of benzene rings is 1. The lowest BCUT2D eigenvalue weighted by Crippen LogP contribution is -1.88. The maximum Gasteiger partial charge on any atom is 0.263 e. The van der Waals surface area contributed by atoms with Gasteiger partial charge in [0.25, 0.3) is 5.89 Å². The molecule has 0 saturated heterocycles. The van der Waals surface area contributed by atoms with Crippen LogP contribution in [0.1, 0.15) is 0 Å². The molecule has 0 saturated carbocycles. The van der Waals surface area contributed by atoms with Crippen molar-refractivity contribution >= 4 is 5.82 Å². The van der Waals surface area contributed by atoms with Gasteiger partial charge in [0.15, 0.2) is 11.6 Å². The average molecular weight is 261 g/mol. The van der Waals surface area contributed by atoms with Gasteiger partial charge in [-0.25, -0.2) is 4.39 Å². The van der Waals surface area contributed by atoms with Crippen LogP contribution in [0, 0.1) is 5.82 Å². The first-order chi connectivity index (χ1) is 9.15. The van der Waals surface area contributed by atoms with Gasteiger partial charge in [-0.05, 0) is 18.2 Å². The van der Waals surface area contributed by atoms with Gasteiger partial charge in [0, 0.05) is 5.56 Å². The molecule has 3 aromatic rings. The van der Waals surface area contributed by atoms with Crippen molar-refractivity contribution in [2.75, 3.05) is 5.73 Å². The van der Waals surface area contributed by atoms with Crippen molar-refractivity contribution < 1.29 is 14.0 Å². The predicted molar refractivity (Wildman–Crippen MR) is 63.4 cm³/mol. The van der Waals surface area contributed by atoms with E-state index in [0.29, 0.717) is 16.9 Å². The van der Waals surface area contributed by atoms with Gasteiger partial charge in [-0.1, -0.05) is 5.16 Å². The smallest absolute Gasteiger partial charge is 0.263 e. The second-order valence-electron chi connectivity index (χ2n) is 3.79. The van der Waals surface area contributed by atoms with Crippen LogP contribution >= 0.6 is 0 Å². The Balaban J connectivity index is 2.01. The third-order valence-electron chi connectivity index (χ3n) is 2.53. The number of hydrogen-bond acceptors (Lipinski definition) is 6. The zero-order valence-electron chi connectivity index (χ0n) is 9.46. The minimum atomic E-state index is -0.758. The zero-order valence-corrected chi connectivity index (χ0v) is 9.46. The van der Waals surface area contributed by atoms with Crippen LogP contribution in [-0.4, -0.2) is 25.4 Å². The van der Waals surface area contributed by atoms with Gasteiger partial charge in [-0.3, -0.25) is 5.10 Å². The molecule has 0 aliphatic rings. The van der Waals surface area contributed by atoms with E-state index in [4.69, 9.17) is 15.4 Å². The number of anilines is 1. The molecular formula is C11H8FN5O2. The van der Waals surface area contributed by atoms with Gasteiger partial charge in [-0.2, -0.15) is 10.1 Å². The van der Waals surface area contributed by atoms with Gasteiger partial charge in [0.05, 0.1) is 6.20 Å². The number of H-pyrrole nitrogens is 1. The molecule has 0 fully saturated rings. The highest BCUT2D eigenvalue weighted by Gasteiger charge is 2.15. The Bertz CT molecular complexity index is 736. The minimum absolute atomic E-state index is 0.176. The van der Waals surface area contributed by atoms with Crippen molar-refractivity contribution in [3.8, 4) is 28.6 Å². The van der Waals surface area contributed by atoms with Crippen LogP contribution in [0.2, 0.25) is 0 Å². The molecule has 0 atom stereocenters. The van der Waals surface area contributed by atoms with Crippen LogP contribution in [0.15, 0.2) is 28.9 Å². The van der Waals surface area contributed by atoms with Crippen molar-refractivity contribution in [1.82, 2.24) is 20.3 Å². The molecule has 19 heavy (non-hydrogen) atoms. The molecule has 7 nitrogen and oxygen atoms in total. The minimum Gasteiger partial charge on any atom is -0.505 e. The van der Waals surface area contributed by atoms with E-state index in [-0.39, 0.29) is 11.7 Å². The molecule has 96 valence electrons. The van der Waals surface area contributed by atoms with E-state index < -0.39 is 11.6 Å². The fourth-order valence-corrected chi connectivity index (χ4v) is 1.56. The number of nitrogens with zero attached hydrogens (tertiary/aromatic N) is 3. The molecule has 3 rings (SSSR count). The van der Waals surface area contributed by atoms with Crippen molar-refractivity contribution in [2.45, 2.75) is 0 Å². The van der Waals surface area contributed by atoms with Crippen LogP contribution in [0.3, 0.4) is 0 Å². The Morgan fingerprint density at radius 3 is 2.89 bits per heavy atom. The fourth-order valence-electron chi connectivity index (χ4n) is 1.56. The molecule has 2 heterocycles. The van der Waals surface area contributed by atoms with E-state index in [1.165, 1.54) is 18.3 Å². The van der Waals surface area contributed by atoms with Crippen LogP contribution in [0.4, 0.5) is 10.2 Å². The van der Waals surface area contributed by atoms with Crippen molar-refractivity contribution in [2.24, 2.45) is 0 Å². The highest BCUT2D eigenvalue weighted by atomic mass is 19.1. The summed E-state index contributed by atoms with van der Waals surface area (Å²) in [4.78, 5) is 4.09. The number of aromatic nitrogens is 4. The molecule has 2 aromatic heterocycles. The Morgan fingerprint density at radius 1 is 1.37 bits per heavy atom. The highest BCUT2D eigenvalue weighted by molar-refractivity contribution is 5.67. The van der Waals surface area contributed by atoms with Crippen LogP contribution in [0.25, 0.3) is 22.8 Å². The molecule has 0 amide bonds. The lowest BCUT2D eigenvalue weighted by atomic mass is 10.2. The summed E-state index contributed by atoms with van der Waals surface area (Å²) in [6.07, 6.45) is 1.45. The lowest BCUT2D eigenvalue weighted by Gasteiger charge is -1.96. The van der Waals surface area contributed by atoms with E-state index in [0.717, 1.165) is 6.07 Å². The predicted octanol–water partition coefficient (Wildman–Crippen LogP) is 1.55. The van der Waals surface area contributed by atoms with Crippen LogP contribution in [0.5, 0.6) is 5.75 Å². The first-order valence-electron chi connectivity index (χ1n) is 5.27. The molecule has 0 aliphatic heterocycles. The number of aromatic amines is 1. The molecule has 0 spiro atoms. The third-order valence-corrected chi connectivity index (χ3v) is 2.53. The first-order valence-corrected chi connectivity index (χ1v) is 5.27. The van der Waals surface area contributed by atoms with Gasteiger partial charge in [-0.15, -0.1) is 0 Å². The van der Waals surface area contributed by atoms with E-state index in [9.17, 15) is 4.39 Å². The standard InChI is InChI=1S/C11H8FN5O2/c12-7-3-5(1-2-8(7)18)10-15-11(19-17-10)6-4-14-16-9(6)13/h1-4,18H,(H3,13,14,16). The maximum absolute atomic E-state index is 13.2. The largest absolute Gasteiger partial charge is 0.505 e. The van der Waals surface area contributed by atoms with Gasteiger partial charge >= 0.3 is 0 Å². The summed E-state index contributed by atoms with van der Waals surface area (Å²) in [5.74, 6) is -0.533. The fraction of sp³-hybridized carbons (Fsp3) is 0. The van der Waals surface area contributed by atoms with Crippen LogP contribution < -0.4 is 5.73 Å². The first kappa shape index (κ1) is 11.2. The number of halogens is 1. The SMILES string of the molecule is Nc1[nH]ncc1-c1nc(-c2ccc(O)c(F)c2)no1. The number of nitrogens with two attached hydrogens (primary N) is 1. The summed E-state index contributed by atoms with van der Waals surface area (Å²) in [5, 5.41) is 19.1. The molecule has 8 heteroatoms. The Morgan fingerprint density at radius 2 is 2.21 bits per heavy atom. The maximum atomic E-state index is 13.2. The highest BCUT2D eigenvalue weighted by Crippen LogP contribution is 2.26. The summed E-state index contributed by atoms with van der Waals surface area (Å²) in [6.45, 7) is 0. The quantitative estimate of drug-likeness (QED) is 0.644. The second-order valence-corrected chi connectivity index (χ2v) is 3.79. The summed E-state index contributed by atoms with van der Waals surface area (Å²) in [6, 6.07) is 3.81. The Kier molecular flexibility index (Phi) is 2.41. The summed E-state index contributed by atoms with van der Waals surface area (Å²) >= 11 is 0. The number of nitrogen functional groups attached to an aromatic ring is 1. The van der Waals surface area contributed by atoms with E-state index >= 15 is 0 Å². The van der Waals surface area contributed by atoms with Gasteiger partial charge in [0.2, 0.25) is 5.82 Å². The van der Waals surface area contributed by atoms with E-state index in [1.807, 2.05) is 0 Å². The number of aromatic hydroxyl groups is 1. The number of phenolic OH excluding ortho intramolecular Hbond substituents is 1. The van der Waals surface area contributed by atoms with Crippen molar-refractivity contribution in [3.63, 3.8) is 0 Å². The third kappa shape index (κ3) is 1.88. The summed E-state index contributed by atoms with van der Waals surface area (Å²) in [5.41, 5.74) is 6.48. The van der Waals surface area contributed by atoms with Crippen LogP contribution in [-0.2, 0) is 0 Å². The Labute approximate surface area is 105 Å². The zero-order chi connectivity index (χ0) is 13.4. The van der Waals surface area contributed by atoms with Crippen molar-refractivity contribution in [3.05, 3.63) is 30.2 Å². The molecule has 0 bridgehead atoms. The lowest BCUT2D eigenvalue weighted by molar-refractivity contribution is 0.430. The second kappa shape index (κ2) is 4.09.